The van der Waals surface area contributed by atoms with Crippen LogP contribution in [0.4, 0.5) is 0 Å². The second-order valence-corrected chi connectivity index (χ2v) is 4.42. The molecule has 0 spiro atoms. The Bertz CT molecular complexity index is 486. The summed E-state index contributed by atoms with van der Waals surface area (Å²) in [6.07, 6.45) is 5.88. The lowest BCUT2D eigenvalue weighted by Crippen LogP contribution is -2.11. The Kier molecular flexibility index (Phi) is 3.86. The molecule has 92 valence electrons. The molecule has 0 saturated heterocycles. The van der Waals surface area contributed by atoms with Gasteiger partial charge in [0, 0.05) is 26.0 Å². The molecule has 17 heavy (non-hydrogen) atoms. The van der Waals surface area contributed by atoms with Crippen molar-refractivity contribution in [2.24, 2.45) is 7.05 Å². The maximum absolute atomic E-state index is 5.95. The van der Waals surface area contributed by atoms with Crippen LogP contribution in [0, 0.1) is 0 Å². The van der Waals surface area contributed by atoms with E-state index in [9.17, 15) is 0 Å². The number of hydrogen-bond acceptors (Lipinski definition) is 2. The summed E-state index contributed by atoms with van der Waals surface area (Å²) in [5.41, 5.74) is 1.28. The van der Waals surface area contributed by atoms with Gasteiger partial charge >= 0.3 is 0 Å². The highest BCUT2D eigenvalue weighted by Crippen LogP contribution is 2.11. The molecule has 0 radical (unpaired) electrons. The first-order chi connectivity index (χ1) is 8.20. The molecule has 0 fully saturated rings. The summed E-state index contributed by atoms with van der Waals surface area (Å²) < 4.78 is 4.01. The van der Waals surface area contributed by atoms with Crippen molar-refractivity contribution < 1.29 is 0 Å². The first-order valence-electron chi connectivity index (χ1n) is 5.72. The largest absolute Gasteiger partial charge is 0.346 e. The monoisotopic (exact) mass is 252 g/mol. The van der Waals surface area contributed by atoms with Crippen molar-refractivity contribution in [2.75, 3.05) is 6.54 Å². The predicted molar refractivity (Wildman–Crippen MR) is 69.1 cm³/mol. The van der Waals surface area contributed by atoms with Gasteiger partial charge in [0.2, 0.25) is 0 Å². The number of rotatable bonds is 5. The highest BCUT2D eigenvalue weighted by molar-refractivity contribution is 6.29. The van der Waals surface area contributed by atoms with Crippen LogP contribution in [0.5, 0.6) is 0 Å². The summed E-state index contributed by atoms with van der Waals surface area (Å²) >= 11 is 5.95. The maximum Gasteiger partial charge on any atom is 0.129 e. The molecule has 0 atom stereocenters. The molecule has 0 aliphatic rings. The molecule has 0 aliphatic carbocycles. The Hall–Kier alpha value is -1.26. The second-order valence-electron chi connectivity index (χ2n) is 4.03. The third kappa shape index (κ3) is 2.90. The Balaban J connectivity index is 2.04. The summed E-state index contributed by atoms with van der Waals surface area (Å²) in [4.78, 5) is 4.28. The molecule has 2 aromatic rings. The van der Waals surface area contributed by atoms with Crippen LogP contribution in [0.15, 0.2) is 24.7 Å². The van der Waals surface area contributed by atoms with Crippen molar-refractivity contribution in [1.82, 2.24) is 19.4 Å². The fourth-order valence-corrected chi connectivity index (χ4v) is 1.84. The second kappa shape index (κ2) is 5.38. The topological polar surface area (TPSA) is 34.8 Å². The minimum absolute atomic E-state index is 0.667. The maximum atomic E-state index is 5.95. The van der Waals surface area contributed by atoms with Gasteiger partial charge in [-0.15, -0.1) is 0 Å². The zero-order valence-corrected chi connectivity index (χ0v) is 10.9. The number of nitrogens with zero attached hydrogens (tertiary/aromatic N) is 3. The van der Waals surface area contributed by atoms with E-state index in [4.69, 9.17) is 11.6 Å². The van der Waals surface area contributed by atoms with E-state index in [1.54, 1.807) is 6.20 Å². The van der Waals surface area contributed by atoms with Gasteiger partial charge in [0.1, 0.15) is 11.0 Å². The standard InChI is InChI=1S/C12H17ClN4/c1-3-14-6-10-4-5-17(8-10)9-12-15-7-11(13)16(12)2/h4-5,7-8,14H,3,6,9H2,1-2H3. The summed E-state index contributed by atoms with van der Waals surface area (Å²) in [7, 11) is 1.92. The van der Waals surface area contributed by atoms with Gasteiger partial charge in [0.15, 0.2) is 0 Å². The zero-order chi connectivity index (χ0) is 12.3. The van der Waals surface area contributed by atoms with Crippen molar-refractivity contribution >= 4 is 11.6 Å². The van der Waals surface area contributed by atoms with Gasteiger partial charge in [-0.1, -0.05) is 18.5 Å². The quantitative estimate of drug-likeness (QED) is 0.884. The van der Waals surface area contributed by atoms with E-state index in [-0.39, 0.29) is 0 Å². The molecule has 2 heterocycles. The lowest BCUT2D eigenvalue weighted by molar-refractivity contribution is 0.693. The van der Waals surface area contributed by atoms with Gasteiger partial charge in [-0.05, 0) is 18.2 Å². The Labute approximate surface area is 106 Å². The van der Waals surface area contributed by atoms with E-state index in [0.29, 0.717) is 5.15 Å². The van der Waals surface area contributed by atoms with Crippen LogP contribution in [0.25, 0.3) is 0 Å². The van der Waals surface area contributed by atoms with Crippen LogP contribution in [-0.4, -0.2) is 20.7 Å². The van der Waals surface area contributed by atoms with Gasteiger partial charge < -0.3 is 14.5 Å². The number of halogens is 1. The van der Waals surface area contributed by atoms with E-state index in [2.05, 4.69) is 40.3 Å². The normalized spacial score (nSPS) is 11.0. The van der Waals surface area contributed by atoms with E-state index in [1.807, 2.05) is 11.6 Å². The third-order valence-corrected chi connectivity index (χ3v) is 3.09. The smallest absolute Gasteiger partial charge is 0.129 e. The van der Waals surface area contributed by atoms with Crippen molar-refractivity contribution in [2.45, 2.75) is 20.0 Å². The van der Waals surface area contributed by atoms with E-state index in [0.717, 1.165) is 25.5 Å². The van der Waals surface area contributed by atoms with Crippen LogP contribution in [0.2, 0.25) is 5.15 Å². The molecule has 5 heteroatoms. The van der Waals surface area contributed by atoms with Gasteiger partial charge in [-0.25, -0.2) is 4.98 Å². The van der Waals surface area contributed by atoms with E-state index < -0.39 is 0 Å². The Morgan fingerprint density at radius 2 is 2.29 bits per heavy atom. The fraction of sp³-hybridized carbons (Fsp3) is 0.417. The van der Waals surface area contributed by atoms with Crippen molar-refractivity contribution in [3.63, 3.8) is 0 Å². The average molecular weight is 253 g/mol. The van der Waals surface area contributed by atoms with Crippen LogP contribution < -0.4 is 5.32 Å². The minimum atomic E-state index is 0.667. The van der Waals surface area contributed by atoms with Gasteiger partial charge in [-0.2, -0.15) is 0 Å². The van der Waals surface area contributed by atoms with Crippen LogP contribution in [-0.2, 0) is 20.1 Å². The Morgan fingerprint density at radius 3 is 2.94 bits per heavy atom. The molecular formula is C12H17ClN4. The van der Waals surface area contributed by atoms with Crippen LogP contribution >= 0.6 is 11.6 Å². The molecule has 0 unspecified atom stereocenters. The average Bonchev–Trinajstić information content (AvgIpc) is 2.89. The SMILES string of the molecule is CCNCc1ccn(Cc2ncc(Cl)n2C)c1. The van der Waals surface area contributed by atoms with Gasteiger partial charge in [0.25, 0.3) is 0 Å². The molecule has 2 aromatic heterocycles. The molecule has 2 rings (SSSR count). The fourth-order valence-electron chi connectivity index (χ4n) is 1.70. The summed E-state index contributed by atoms with van der Waals surface area (Å²) in [6, 6.07) is 2.12. The van der Waals surface area contributed by atoms with E-state index >= 15 is 0 Å². The van der Waals surface area contributed by atoms with Gasteiger partial charge in [0.05, 0.1) is 12.7 Å². The van der Waals surface area contributed by atoms with Gasteiger partial charge in [-0.3, -0.25) is 0 Å². The van der Waals surface area contributed by atoms with Crippen LogP contribution in [0.3, 0.4) is 0 Å². The molecule has 0 saturated carbocycles. The molecule has 0 bridgehead atoms. The lowest BCUT2D eigenvalue weighted by atomic mass is 10.3. The van der Waals surface area contributed by atoms with Crippen molar-refractivity contribution in [3.05, 3.63) is 41.2 Å². The highest BCUT2D eigenvalue weighted by Gasteiger charge is 2.05. The number of hydrogen-bond donors (Lipinski definition) is 1. The molecule has 4 nitrogen and oxygen atoms in total. The molecule has 0 amide bonds. The summed E-state index contributed by atoms with van der Waals surface area (Å²) in [6.45, 7) is 4.74. The lowest BCUT2D eigenvalue weighted by Gasteiger charge is -2.04. The first kappa shape index (κ1) is 12.2. The minimum Gasteiger partial charge on any atom is -0.346 e. The number of imidazole rings is 1. The molecule has 0 aliphatic heterocycles. The predicted octanol–water partition coefficient (Wildman–Crippen LogP) is 2.03. The van der Waals surface area contributed by atoms with E-state index in [1.165, 1.54) is 5.56 Å². The summed E-state index contributed by atoms with van der Waals surface area (Å²) in [5, 5.41) is 3.97. The van der Waals surface area contributed by atoms with Crippen molar-refractivity contribution in [1.29, 1.82) is 0 Å². The van der Waals surface area contributed by atoms with Crippen molar-refractivity contribution in [3.8, 4) is 0 Å². The third-order valence-electron chi connectivity index (χ3n) is 2.74. The zero-order valence-electron chi connectivity index (χ0n) is 10.2. The number of aromatic nitrogens is 3. The molecule has 1 N–H and O–H groups in total. The Morgan fingerprint density at radius 1 is 1.47 bits per heavy atom. The molecular weight excluding hydrogens is 236 g/mol. The summed E-state index contributed by atoms with van der Waals surface area (Å²) in [5.74, 6) is 0.959. The van der Waals surface area contributed by atoms with Crippen LogP contribution in [0.1, 0.15) is 18.3 Å². The number of nitrogens with one attached hydrogen (secondary N) is 1. The highest BCUT2D eigenvalue weighted by atomic mass is 35.5. The first-order valence-corrected chi connectivity index (χ1v) is 6.10. The molecule has 0 aromatic carbocycles.